The maximum atomic E-state index is 5.58. The van der Waals surface area contributed by atoms with Crippen LogP contribution >= 0.6 is 0 Å². The lowest BCUT2D eigenvalue weighted by molar-refractivity contribution is 0.214. The van der Waals surface area contributed by atoms with E-state index in [1.165, 1.54) is 18.4 Å². The zero-order valence-electron chi connectivity index (χ0n) is 12.6. The summed E-state index contributed by atoms with van der Waals surface area (Å²) in [6.45, 7) is 8.21. The van der Waals surface area contributed by atoms with Crippen molar-refractivity contribution in [3.05, 3.63) is 42.5 Å². The highest BCUT2D eigenvalue weighted by atomic mass is 16.5. The van der Waals surface area contributed by atoms with E-state index in [0.717, 1.165) is 31.9 Å². The van der Waals surface area contributed by atoms with Gasteiger partial charge in [-0.2, -0.15) is 0 Å². The number of terminal acetylenes is 1. The molecule has 21 heavy (non-hydrogen) atoms. The van der Waals surface area contributed by atoms with Crippen LogP contribution in [0, 0.1) is 12.3 Å². The standard InChI is InChI=1S/C18H24N2O/c1-3-11-20-12-9-17(10-13-20)19-15-16-7-5-6-8-18(16)21-14-4-2/h2-3,5-8,17,19H,1,9-15H2. The predicted octanol–water partition coefficient (Wildman–Crippen LogP) is 2.44. The lowest BCUT2D eigenvalue weighted by Crippen LogP contribution is -2.42. The van der Waals surface area contributed by atoms with Gasteiger partial charge in [0.1, 0.15) is 12.4 Å². The van der Waals surface area contributed by atoms with Gasteiger partial charge in [0.25, 0.3) is 0 Å². The van der Waals surface area contributed by atoms with Crippen molar-refractivity contribution < 1.29 is 4.74 Å². The number of ether oxygens (including phenoxy) is 1. The average Bonchev–Trinajstić information content (AvgIpc) is 2.53. The molecular weight excluding hydrogens is 260 g/mol. The second-order valence-electron chi connectivity index (χ2n) is 5.34. The molecule has 3 heteroatoms. The summed E-state index contributed by atoms with van der Waals surface area (Å²) in [6.07, 6.45) is 9.60. The summed E-state index contributed by atoms with van der Waals surface area (Å²) < 4.78 is 5.58. The van der Waals surface area contributed by atoms with Crippen molar-refractivity contribution >= 4 is 0 Å². The van der Waals surface area contributed by atoms with Gasteiger partial charge < -0.3 is 10.1 Å². The molecule has 0 unspecified atom stereocenters. The van der Waals surface area contributed by atoms with Crippen LogP contribution in [0.2, 0.25) is 0 Å². The van der Waals surface area contributed by atoms with E-state index in [9.17, 15) is 0 Å². The second kappa shape index (κ2) is 8.51. The number of para-hydroxylation sites is 1. The van der Waals surface area contributed by atoms with Gasteiger partial charge >= 0.3 is 0 Å². The molecule has 0 radical (unpaired) electrons. The van der Waals surface area contributed by atoms with Gasteiger partial charge in [-0.3, -0.25) is 4.90 Å². The predicted molar refractivity (Wildman–Crippen MR) is 87.3 cm³/mol. The molecule has 1 aliphatic heterocycles. The Balaban J connectivity index is 1.81. The fourth-order valence-electron chi connectivity index (χ4n) is 2.67. The van der Waals surface area contributed by atoms with Crippen LogP contribution in [0.4, 0.5) is 0 Å². The molecule has 1 saturated heterocycles. The van der Waals surface area contributed by atoms with Crippen LogP contribution in [0.3, 0.4) is 0 Å². The third-order valence-electron chi connectivity index (χ3n) is 3.84. The Morgan fingerprint density at radius 3 is 2.86 bits per heavy atom. The Morgan fingerprint density at radius 1 is 1.38 bits per heavy atom. The summed E-state index contributed by atoms with van der Waals surface area (Å²) in [5.74, 6) is 3.39. The summed E-state index contributed by atoms with van der Waals surface area (Å²) in [7, 11) is 0. The molecule has 0 atom stereocenters. The van der Waals surface area contributed by atoms with E-state index in [-0.39, 0.29) is 0 Å². The van der Waals surface area contributed by atoms with Crippen LogP contribution in [0.1, 0.15) is 18.4 Å². The summed E-state index contributed by atoms with van der Waals surface area (Å²) >= 11 is 0. The molecule has 0 saturated carbocycles. The van der Waals surface area contributed by atoms with Crippen LogP contribution in [0.5, 0.6) is 5.75 Å². The van der Waals surface area contributed by atoms with Crippen molar-refractivity contribution in [2.75, 3.05) is 26.2 Å². The van der Waals surface area contributed by atoms with Crippen LogP contribution in [-0.4, -0.2) is 37.2 Å². The largest absolute Gasteiger partial charge is 0.481 e. The molecule has 112 valence electrons. The first-order valence-corrected chi connectivity index (χ1v) is 7.54. The molecule has 1 aromatic rings. The molecule has 1 fully saturated rings. The van der Waals surface area contributed by atoms with E-state index >= 15 is 0 Å². The van der Waals surface area contributed by atoms with Crippen molar-refractivity contribution in [3.63, 3.8) is 0 Å². The van der Waals surface area contributed by atoms with Gasteiger partial charge in [0, 0.05) is 24.7 Å². The van der Waals surface area contributed by atoms with Gasteiger partial charge in [-0.1, -0.05) is 30.2 Å². The summed E-state index contributed by atoms with van der Waals surface area (Å²) in [4.78, 5) is 2.44. The van der Waals surface area contributed by atoms with Gasteiger partial charge in [-0.25, -0.2) is 0 Å². The Hall–Kier alpha value is -1.76. The van der Waals surface area contributed by atoms with Gasteiger partial charge in [0.05, 0.1) is 0 Å². The topological polar surface area (TPSA) is 24.5 Å². The molecule has 1 aromatic carbocycles. The van der Waals surface area contributed by atoms with Crippen molar-refractivity contribution in [2.24, 2.45) is 0 Å². The summed E-state index contributed by atoms with van der Waals surface area (Å²) in [5, 5.41) is 3.63. The van der Waals surface area contributed by atoms with Crippen LogP contribution in [0.15, 0.2) is 36.9 Å². The van der Waals surface area contributed by atoms with Crippen molar-refractivity contribution in [2.45, 2.75) is 25.4 Å². The fraction of sp³-hybridized carbons (Fsp3) is 0.444. The summed E-state index contributed by atoms with van der Waals surface area (Å²) in [5.41, 5.74) is 1.17. The number of nitrogens with one attached hydrogen (secondary N) is 1. The Bertz CT molecular complexity index is 484. The lowest BCUT2D eigenvalue weighted by atomic mass is 10.0. The number of likely N-dealkylation sites (tertiary alicyclic amines) is 1. The lowest BCUT2D eigenvalue weighted by Gasteiger charge is -2.31. The van der Waals surface area contributed by atoms with E-state index in [0.29, 0.717) is 12.6 Å². The molecule has 1 N–H and O–H groups in total. The molecule has 1 heterocycles. The average molecular weight is 284 g/mol. The monoisotopic (exact) mass is 284 g/mol. The number of hydrogen-bond donors (Lipinski definition) is 1. The first kappa shape index (κ1) is 15.6. The number of piperidine rings is 1. The fourth-order valence-corrected chi connectivity index (χ4v) is 2.67. The van der Waals surface area contributed by atoms with E-state index < -0.39 is 0 Å². The van der Waals surface area contributed by atoms with Crippen molar-refractivity contribution in [1.29, 1.82) is 0 Å². The van der Waals surface area contributed by atoms with E-state index in [2.05, 4.69) is 28.8 Å². The van der Waals surface area contributed by atoms with Crippen molar-refractivity contribution in [1.82, 2.24) is 10.2 Å². The highest BCUT2D eigenvalue weighted by Gasteiger charge is 2.18. The summed E-state index contributed by atoms with van der Waals surface area (Å²) in [6, 6.07) is 8.65. The first-order valence-electron chi connectivity index (χ1n) is 7.54. The maximum Gasteiger partial charge on any atom is 0.148 e. The molecular formula is C18H24N2O. The van der Waals surface area contributed by atoms with Gasteiger partial charge in [-0.05, 0) is 32.0 Å². The second-order valence-corrected chi connectivity index (χ2v) is 5.34. The van der Waals surface area contributed by atoms with Crippen LogP contribution < -0.4 is 10.1 Å². The Kier molecular flexibility index (Phi) is 6.33. The number of benzene rings is 1. The Labute approximate surface area is 128 Å². The normalized spacial score (nSPS) is 16.3. The zero-order chi connectivity index (χ0) is 14.9. The zero-order valence-corrected chi connectivity index (χ0v) is 12.6. The minimum Gasteiger partial charge on any atom is -0.481 e. The molecule has 3 nitrogen and oxygen atoms in total. The molecule has 0 aliphatic carbocycles. The highest BCUT2D eigenvalue weighted by molar-refractivity contribution is 5.33. The number of hydrogen-bond acceptors (Lipinski definition) is 3. The third-order valence-corrected chi connectivity index (χ3v) is 3.84. The molecule has 2 rings (SSSR count). The molecule has 1 aliphatic rings. The van der Waals surface area contributed by atoms with E-state index in [4.69, 9.17) is 11.2 Å². The Morgan fingerprint density at radius 2 is 2.14 bits per heavy atom. The SMILES string of the molecule is C#CCOc1ccccc1CNC1CCN(CC=C)CC1. The smallest absolute Gasteiger partial charge is 0.148 e. The van der Waals surface area contributed by atoms with Gasteiger partial charge in [0.2, 0.25) is 0 Å². The van der Waals surface area contributed by atoms with Gasteiger partial charge in [-0.15, -0.1) is 13.0 Å². The minimum absolute atomic E-state index is 0.316. The molecule has 0 spiro atoms. The molecule has 0 bridgehead atoms. The van der Waals surface area contributed by atoms with Crippen LogP contribution in [0.25, 0.3) is 0 Å². The number of rotatable bonds is 7. The van der Waals surface area contributed by atoms with Gasteiger partial charge in [0.15, 0.2) is 0 Å². The molecule has 0 amide bonds. The van der Waals surface area contributed by atoms with E-state index in [1.54, 1.807) is 0 Å². The molecule has 0 aromatic heterocycles. The maximum absolute atomic E-state index is 5.58. The number of nitrogens with zero attached hydrogens (tertiary/aromatic N) is 1. The minimum atomic E-state index is 0.316. The van der Waals surface area contributed by atoms with E-state index in [1.807, 2.05) is 24.3 Å². The first-order chi connectivity index (χ1) is 10.3. The quantitative estimate of drug-likeness (QED) is 0.615. The van der Waals surface area contributed by atoms with Crippen LogP contribution in [-0.2, 0) is 6.54 Å². The third kappa shape index (κ3) is 4.93. The van der Waals surface area contributed by atoms with Crippen molar-refractivity contribution in [3.8, 4) is 18.1 Å². The highest BCUT2D eigenvalue weighted by Crippen LogP contribution is 2.18.